The van der Waals surface area contributed by atoms with Crippen LogP contribution in [0.4, 0.5) is 0 Å². The Bertz CT molecular complexity index is 635. The average Bonchev–Trinajstić information content (AvgIpc) is 2.92. The van der Waals surface area contributed by atoms with Crippen molar-refractivity contribution in [1.29, 1.82) is 0 Å². The Morgan fingerprint density at radius 3 is 2.88 bits per heavy atom. The first-order valence-corrected chi connectivity index (χ1v) is 10.0. The maximum atomic E-state index is 10.1. The molecule has 0 amide bonds. The van der Waals surface area contributed by atoms with Crippen LogP contribution in [0.1, 0.15) is 44.5 Å². The fourth-order valence-electron chi connectivity index (χ4n) is 4.54. The highest BCUT2D eigenvalue weighted by atomic mass is 16.5. The normalized spacial score (nSPS) is 24.9. The summed E-state index contributed by atoms with van der Waals surface area (Å²) in [5.74, 6) is 1.55. The summed E-state index contributed by atoms with van der Waals surface area (Å²) in [5, 5.41) is 17.9. The summed E-state index contributed by atoms with van der Waals surface area (Å²) in [6, 6.07) is 2.10. The lowest BCUT2D eigenvalue weighted by atomic mass is 9.49. The third-order valence-electron chi connectivity index (χ3n) is 6.37. The van der Waals surface area contributed by atoms with Crippen molar-refractivity contribution in [2.75, 3.05) is 26.3 Å². The Balaban J connectivity index is 1.25. The van der Waals surface area contributed by atoms with Gasteiger partial charge in [0.25, 0.3) is 0 Å². The van der Waals surface area contributed by atoms with Gasteiger partial charge in [-0.05, 0) is 68.5 Å². The highest BCUT2D eigenvalue weighted by Crippen LogP contribution is 2.59. The summed E-state index contributed by atoms with van der Waals surface area (Å²) in [4.78, 5) is 0. The predicted molar refractivity (Wildman–Crippen MR) is 104 cm³/mol. The van der Waals surface area contributed by atoms with Crippen LogP contribution in [0.2, 0.25) is 0 Å². The van der Waals surface area contributed by atoms with E-state index in [0.29, 0.717) is 31.1 Å². The molecule has 26 heavy (non-hydrogen) atoms. The van der Waals surface area contributed by atoms with E-state index in [1.807, 2.05) is 11.6 Å². The molecule has 2 N–H and O–H groups in total. The largest absolute Gasteiger partial charge is 0.389 e. The maximum Gasteiger partial charge on any atom is 0.0897 e. The van der Waals surface area contributed by atoms with E-state index in [0.717, 1.165) is 31.1 Å². The number of nitrogens with zero attached hydrogens (tertiary/aromatic N) is 2. The fourth-order valence-corrected chi connectivity index (χ4v) is 4.54. The third-order valence-corrected chi connectivity index (χ3v) is 6.37. The minimum atomic E-state index is -0.449. The second-order valence-corrected chi connectivity index (χ2v) is 8.70. The first-order chi connectivity index (χ1) is 12.4. The van der Waals surface area contributed by atoms with Gasteiger partial charge in [-0.2, -0.15) is 5.10 Å². The van der Waals surface area contributed by atoms with Crippen LogP contribution in [-0.2, 0) is 11.3 Å². The molecule has 1 saturated carbocycles. The molecule has 1 aromatic heterocycles. The van der Waals surface area contributed by atoms with Crippen molar-refractivity contribution in [2.24, 2.45) is 17.3 Å². The number of hydrogen-bond donors (Lipinski definition) is 2. The van der Waals surface area contributed by atoms with Gasteiger partial charge in [0.05, 0.1) is 25.0 Å². The third kappa shape index (κ3) is 4.38. The van der Waals surface area contributed by atoms with Gasteiger partial charge in [0.1, 0.15) is 0 Å². The van der Waals surface area contributed by atoms with E-state index in [1.165, 1.54) is 24.1 Å². The molecule has 2 bridgehead atoms. The second kappa shape index (κ2) is 8.24. The number of fused-ring (bicyclic) bond motifs is 1. The van der Waals surface area contributed by atoms with Crippen molar-refractivity contribution in [3.63, 3.8) is 0 Å². The molecule has 0 spiro atoms. The number of aromatic nitrogens is 2. The summed E-state index contributed by atoms with van der Waals surface area (Å²) in [6.07, 6.45) is 5.44. The predicted octanol–water partition coefficient (Wildman–Crippen LogP) is 2.85. The molecule has 146 valence electrons. The minimum Gasteiger partial charge on any atom is -0.389 e. The van der Waals surface area contributed by atoms with E-state index >= 15 is 0 Å². The van der Waals surface area contributed by atoms with Crippen LogP contribution in [0.5, 0.6) is 0 Å². The Morgan fingerprint density at radius 2 is 2.23 bits per heavy atom. The highest BCUT2D eigenvalue weighted by molar-refractivity contribution is 5.23. The molecule has 4 rings (SSSR count). The molecular weight excluding hydrogens is 326 g/mol. The zero-order chi connectivity index (χ0) is 18.7. The van der Waals surface area contributed by atoms with Crippen molar-refractivity contribution in [3.8, 4) is 0 Å². The van der Waals surface area contributed by atoms with Crippen molar-refractivity contribution in [1.82, 2.24) is 15.1 Å². The van der Waals surface area contributed by atoms with E-state index in [2.05, 4.69) is 43.3 Å². The van der Waals surface area contributed by atoms with Crippen LogP contribution in [-0.4, -0.2) is 47.3 Å². The zero-order valence-corrected chi connectivity index (χ0v) is 16.8. The average molecular weight is 362 g/mol. The number of hydrogen-bond acceptors (Lipinski definition) is 4. The molecule has 3 aliphatic carbocycles. The smallest absolute Gasteiger partial charge is 0.0897 e. The SMILES string of the molecule is Cc1cc(C)n(CCCNC[C@H](O)COCC2=CC[C@H]3C[C@@H]2C3(C)C)n1. The summed E-state index contributed by atoms with van der Waals surface area (Å²) in [5.41, 5.74) is 4.16. The number of rotatable bonds is 10. The van der Waals surface area contributed by atoms with Gasteiger partial charge in [-0.25, -0.2) is 0 Å². The molecule has 1 aromatic rings. The van der Waals surface area contributed by atoms with E-state index in [1.54, 1.807) is 0 Å². The van der Waals surface area contributed by atoms with Crippen molar-refractivity contribution >= 4 is 0 Å². The van der Waals surface area contributed by atoms with Crippen LogP contribution in [0.25, 0.3) is 0 Å². The molecule has 3 aliphatic rings. The van der Waals surface area contributed by atoms with Crippen LogP contribution in [0.3, 0.4) is 0 Å². The van der Waals surface area contributed by atoms with Crippen LogP contribution >= 0.6 is 0 Å². The number of aliphatic hydroxyl groups excluding tert-OH is 1. The maximum absolute atomic E-state index is 10.1. The monoisotopic (exact) mass is 361 g/mol. The van der Waals surface area contributed by atoms with Crippen molar-refractivity contribution < 1.29 is 9.84 Å². The van der Waals surface area contributed by atoms with Crippen LogP contribution in [0.15, 0.2) is 17.7 Å². The quantitative estimate of drug-likeness (QED) is 0.497. The summed E-state index contributed by atoms with van der Waals surface area (Å²) in [7, 11) is 0. The number of nitrogens with one attached hydrogen (secondary N) is 1. The van der Waals surface area contributed by atoms with Gasteiger partial charge >= 0.3 is 0 Å². The second-order valence-electron chi connectivity index (χ2n) is 8.70. The lowest BCUT2D eigenvalue weighted by Crippen LogP contribution is -2.48. The van der Waals surface area contributed by atoms with Gasteiger partial charge in [-0.3, -0.25) is 4.68 Å². The molecule has 0 saturated heterocycles. The number of aryl methyl sites for hydroxylation is 3. The van der Waals surface area contributed by atoms with Crippen LogP contribution < -0.4 is 5.32 Å². The number of allylic oxidation sites excluding steroid dienone is 1. The van der Waals surface area contributed by atoms with Gasteiger partial charge in [-0.1, -0.05) is 19.9 Å². The standard InChI is InChI=1S/C21H35N3O2/c1-15-10-16(2)24(23-15)9-5-8-22-12-19(25)14-26-13-17-6-7-18-11-20(17)21(18,3)4/h6,10,18-20,22,25H,5,7-9,11-14H2,1-4H3/t18-,19-,20-/m0/s1. The van der Waals surface area contributed by atoms with Gasteiger partial charge in [0.15, 0.2) is 0 Å². The molecule has 0 aromatic carbocycles. The van der Waals surface area contributed by atoms with E-state index < -0.39 is 6.10 Å². The Morgan fingerprint density at radius 1 is 1.42 bits per heavy atom. The zero-order valence-electron chi connectivity index (χ0n) is 16.8. The first-order valence-electron chi connectivity index (χ1n) is 10.0. The van der Waals surface area contributed by atoms with Gasteiger partial charge < -0.3 is 15.2 Å². The van der Waals surface area contributed by atoms with Gasteiger partial charge in [0.2, 0.25) is 0 Å². The van der Waals surface area contributed by atoms with E-state index in [9.17, 15) is 5.11 Å². The fraction of sp³-hybridized carbons (Fsp3) is 0.762. The Labute approximate surface area is 157 Å². The summed E-state index contributed by atoms with van der Waals surface area (Å²) in [6.45, 7) is 12.3. The molecule has 5 heteroatoms. The van der Waals surface area contributed by atoms with Gasteiger partial charge in [-0.15, -0.1) is 0 Å². The minimum absolute atomic E-state index is 0.401. The molecule has 0 radical (unpaired) electrons. The topological polar surface area (TPSA) is 59.3 Å². The number of ether oxygens (including phenoxy) is 1. The lowest BCUT2D eigenvalue weighted by molar-refractivity contribution is -0.0235. The van der Waals surface area contributed by atoms with E-state index in [4.69, 9.17) is 4.74 Å². The van der Waals surface area contributed by atoms with Gasteiger partial charge in [0, 0.05) is 18.8 Å². The van der Waals surface area contributed by atoms with Crippen molar-refractivity contribution in [2.45, 2.75) is 59.6 Å². The Kier molecular flexibility index (Phi) is 6.21. The molecular formula is C21H35N3O2. The first kappa shape index (κ1) is 19.6. The Hall–Kier alpha value is -1.17. The summed E-state index contributed by atoms with van der Waals surface area (Å²) >= 11 is 0. The van der Waals surface area contributed by atoms with Crippen LogP contribution in [0, 0.1) is 31.1 Å². The lowest BCUT2D eigenvalue weighted by Gasteiger charge is -2.56. The molecule has 3 atom stereocenters. The molecule has 1 fully saturated rings. The molecule has 5 nitrogen and oxygen atoms in total. The highest BCUT2D eigenvalue weighted by Gasteiger charge is 2.50. The number of aliphatic hydroxyl groups is 1. The summed E-state index contributed by atoms with van der Waals surface area (Å²) < 4.78 is 7.84. The molecule has 0 unspecified atom stereocenters. The van der Waals surface area contributed by atoms with E-state index in [-0.39, 0.29) is 0 Å². The molecule has 1 heterocycles. The van der Waals surface area contributed by atoms with Crippen molar-refractivity contribution in [3.05, 3.63) is 29.1 Å². The molecule has 0 aliphatic heterocycles.